The van der Waals surface area contributed by atoms with Gasteiger partial charge >= 0.3 is 5.97 Å². The number of esters is 1. The van der Waals surface area contributed by atoms with Crippen LogP contribution >= 0.6 is 0 Å². The number of nitrogens with zero attached hydrogens (tertiary/aromatic N) is 3. The van der Waals surface area contributed by atoms with Crippen LogP contribution in [0.2, 0.25) is 0 Å². The van der Waals surface area contributed by atoms with Crippen molar-refractivity contribution in [3.63, 3.8) is 0 Å². The Morgan fingerprint density at radius 1 is 1.26 bits per heavy atom. The van der Waals surface area contributed by atoms with Crippen molar-refractivity contribution in [3.8, 4) is 0 Å². The number of azide groups is 1. The van der Waals surface area contributed by atoms with Gasteiger partial charge in [-0.25, -0.2) is 13.6 Å². The number of hydrogen-bond donors (Lipinski definition) is 0. The Morgan fingerprint density at radius 2 is 1.96 bits per heavy atom. The van der Waals surface area contributed by atoms with Gasteiger partial charge in [-0.2, -0.15) is 0 Å². The minimum absolute atomic E-state index is 0.0288. The normalized spacial score (nSPS) is 10.7. The highest BCUT2D eigenvalue weighted by Gasteiger charge is 2.26. The number of carbonyl (C=O) groups excluding carboxylic acids is 1. The zero-order valence-corrected chi connectivity index (χ0v) is 12.2. The minimum Gasteiger partial charge on any atom is -0.457 e. The van der Waals surface area contributed by atoms with Crippen molar-refractivity contribution in [1.29, 1.82) is 0 Å². The van der Waals surface area contributed by atoms with Gasteiger partial charge in [0.05, 0.1) is 11.3 Å². The Hall–Kier alpha value is -2.92. The van der Waals surface area contributed by atoms with Gasteiger partial charge < -0.3 is 4.74 Å². The molecule has 2 aromatic carbocycles. The molecule has 0 aliphatic rings. The number of alkyl halides is 2. The molecular formula is C16H13F2N3O2. The number of ether oxygens (including phenoxy) is 1. The maximum absolute atomic E-state index is 13.3. The molecule has 0 N–H and O–H groups in total. The molecule has 0 saturated heterocycles. The van der Waals surface area contributed by atoms with E-state index in [2.05, 4.69) is 10.0 Å². The molecule has 0 atom stereocenters. The van der Waals surface area contributed by atoms with Crippen molar-refractivity contribution in [1.82, 2.24) is 0 Å². The molecule has 0 aliphatic heterocycles. The largest absolute Gasteiger partial charge is 0.457 e. The molecule has 0 fully saturated rings. The molecule has 0 bridgehead atoms. The third-order valence-electron chi connectivity index (χ3n) is 3.09. The van der Waals surface area contributed by atoms with E-state index in [1.165, 1.54) is 6.07 Å². The second kappa shape index (κ2) is 6.89. The van der Waals surface area contributed by atoms with Crippen molar-refractivity contribution >= 4 is 11.7 Å². The number of rotatable bonds is 5. The van der Waals surface area contributed by atoms with Crippen molar-refractivity contribution in [3.05, 3.63) is 75.7 Å². The quantitative estimate of drug-likeness (QED) is 0.333. The third-order valence-corrected chi connectivity index (χ3v) is 3.09. The fourth-order valence-corrected chi connectivity index (χ4v) is 1.91. The van der Waals surface area contributed by atoms with Gasteiger partial charge in [0.15, 0.2) is 0 Å². The van der Waals surface area contributed by atoms with E-state index >= 15 is 0 Å². The minimum atomic E-state index is -3.10. The lowest BCUT2D eigenvalue weighted by Gasteiger charge is -2.13. The average Bonchev–Trinajstić information content (AvgIpc) is 2.53. The lowest BCUT2D eigenvalue weighted by atomic mass is 10.1. The van der Waals surface area contributed by atoms with E-state index in [-0.39, 0.29) is 23.4 Å². The number of carbonyl (C=O) groups is 1. The summed E-state index contributed by atoms with van der Waals surface area (Å²) in [7, 11) is 0. The van der Waals surface area contributed by atoms with E-state index in [1.807, 2.05) is 6.07 Å². The Balaban J connectivity index is 2.24. The van der Waals surface area contributed by atoms with Gasteiger partial charge in [0.1, 0.15) is 6.61 Å². The Labute approximate surface area is 131 Å². The van der Waals surface area contributed by atoms with Crippen LogP contribution in [0.25, 0.3) is 10.4 Å². The summed E-state index contributed by atoms with van der Waals surface area (Å²) in [5.74, 6) is -3.85. The van der Waals surface area contributed by atoms with Crippen LogP contribution in [0.5, 0.6) is 0 Å². The highest BCUT2D eigenvalue weighted by Crippen LogP contribution is 2.32. The summed E-state index contributed by atoms with van der Waals surface area (Å²) in [6.07, 6.45) is 0. The summed E-state index contributed by atoms with van der Waals surface area (Å²) >= 11 is 0. The van der Waals surface area contributed by atoms with Crippen LogP contribution in [0.3, 0.4) is 0 Å². The molecule has 0 heterocycles. The standard InChI is InChI=1S/C16H13F2N3O2/c1-16(17,18)12-7-8-13(14(9-12)20-21-19)15(22)23-10-11-5-3-2-4-6-11/h2-9H,10H2,1H3. The van der Waals surface area contributed by atoms with Crippen LogP contribution in [-0.2, 0) is 17.3 Å². The predicted octanol–water partition coefficient (Wildman–Crippen LogP) is 5.10. The first-order chi connectivity index (χ1) is 10.9. The summed E-state index contributed by atoms with van der Waals surface area (Å²) in [6, 6.07) is 12.2. The highest BCUT2D eigenvalue weighted by molar-refractivity contribution is 5.95. The topological polar surface area (TPSA) is 75.1 Å². The molecule has 118 valence electrons. The SMILES string of the molecule is CC(F)(F)c1ccc(C(=O)OCc2ccccc2)c(N=[N+]=[N-])c1. The average molecular weight is 317 g/mol. The van der Waals surface area contributed by atoms with Gasteiger partial charge in [-0.3, -0.25) is 0 Å². The van der Waals surface area contributed by atoms with Crippen molar-refractivity contribution in [2.45, 2.75) is 19.5 Å². The summed E-state index contributed by atoms with van der Waals surface area (Å²) in [5, 5.41) is 3.30. The molecule has 0 aliphatic carbocycles. The zero-order chi connectivity index (χ0) is 16.9. The van der Waals surface area contributed by atoms with Gasteiger partial charge in [-0.05, 0) is 23.2 Å². The molecule has 0 aromatic heterocycles. The Kier molecular flexibility index (Phi) is 4.93. The van der Waals surface area contributed by atoms with Gasteiger partial charge in [-0.15, -0.1) is 0 Å². The van der Waals surface area contributed by atoms with Crippen LogP contribution in [-0.4, -0.2) is 5.97 Å². The van der Waals surface area contributed by atoms with Gasteiger partial charge in [0, 0.05) is 17.4 Å². The maximum atomic E-state index is 13.3. The van der Waals surface area contributed by atoms with E-state index in [0.717, 1.165) is 24.6 Å². The molecule has 7 heteroatoms. The van der Waals surface area contributed by atoms with Crippen LogP contribution in [0, 0.1) is 0 Å². The van der Waals surface area contributed by atoms with Crippen LogP contribution in [0.15, 0.2) is 53.6 Å². The lowest BCUT2D eigenvalue weighted by Crippen LogP contribution is -2.09. The molecule has 0 spiro atoms. The van der Waals surface area contributed by atoms with Crippen LogP contribution in [0.4, 0.5) is 14.5 Å². The first-order valence-electron chi connectivity index (χ1n) is 6.70. The molecule has 2 aromatic rings. The van der Waals surface area contributed by atoms with E-state index in [0.29, 0.717) is 0 Å². The highest BCUT2D eigenvalue weighted by atomic mass is 19.3. The lowest BCUT2D eigenvalue weighted by molar-refractivity contribution is 0.0174. The first kappa shape index (κ1) is 16.5. The van der Waals surface area contributed by atoms with E-state index in [1.54, 1.807) is 24.3 Å². The van der Waals surface area contributed by atoms with Gasteiger partial charge in [0.2, 0.25) is 0 Å². The van der Waals surface area contributed by atoms with E-state index < -0.39 is 11.9 Å². The smallest absolute Gasteiger partial charge is 0.338 e. The summed E-state index contributed by atoms with van der Waals surface area (Å²) < 4.78 is 31.8. The Morgan fingerprint density at radius 3 is 2.57 bits per heavy atom. The fourth-order valence-electron chi connectivity index (χ4n) is 1.91. The molecule has 23 heavy (non-hydrogen) atoms. The molecular weight excluding hydrogens is 304 g/mol. The van der Waals surface area contributed by atoms with Crippen LogP contribution < -0.4 is 0 Å². The fraction of sp³-hybridized carbons (Fsp3) is 0.188. The van der Waals surface area contributed by atoms with E-state index in [9.17, 15) is 13.6 Å². The third kappa shape index (κ3) is 4.28. The number of halogens is 2. The number of hydrogen-bond acceptors (Lipinski definition) is 3. The molecule has 2 rings (SSSR count). The zero-order valence-electron chi connectivity index (χ0n) is 12.2. The van der Waals surface area contributed by atoms with Crippen molar-refractivity contribution in [2.24, 2.45) is 5.11 Å². The van der Waals surface area contributed by atoms with Crippen molar-refractivity contribution in [2.75, 3.05) is 0 Å². The summed E-state index contributed by atoms with van der Waals surface area (Å²) in [4.78, 5) is 14.6. The van der Waals surface area contributed by atoms with Gasteiger partial charge in [-0.1, -0.05) is 41.5 Å². The van der Waals surface area contributed by atoms with E-state index in [4.69, 9.17) is 10.3 Å². The van der Waals surface area contributed by atoms with Gasteiger partial charge in [0.25, 0.3) is 5.92 Å². The summed E-state index contributed by atoms with van der Waals surface area (Å²) in [6.45, 7) is 0.747. The Bertz CT molecular complexity index is 752. The monoisotopic (exact) mass is 317 g/mol. The molecule has 0 unspecified atom stereocenters. The second-order valence-corrected chi connectivity index (χ2v) is 4.87. The molecule has 0 saturated carbocycles. The molecule has 0 radical (unpaired) electrons. The molecule has 0 amide bonds. The summed E-state index contributed by atoms with van der Waals surface area (Å²) in [5.41, 5.74) is 8.73. The second-order valence-electron chi connectivity index (χ2n) is 4.87. The molecule has 5 nitrogen and oxygen atoms in total. The number of benzene rings is 2. The predicted molar refractivity (Wildman–Crippen MR) is 80.4 cm³/mol. The van der Waals surface area contributed by atoms with Crippen molar-refractivity contribution < 1.29 is 18.3 Å². The first-order valence-corrected chi connectivity index (χ1v) is 6.70. The maximum Gasteiger partial charge on any atom is 0.338 e. The van der Waals surface area contributed by atoms with Crippen LogP contribution in [0.1, 0.15) is 28.4 Å².